The van der Waals surface area contributed by atoms with Gasteiger partial charge in [0.15, 0.2) is 0 Å². The number of fused-ring (bicyclic) bond motifs is 1. The van der Waals surface area contributed by atoms with E-state index in [-0.39, 0.29) is 16.5 Å². The molecule has 3 aromatic heterocycles. The van der Waals surface area contributed by atoms with E-state index in [0.717, 1.165) is 41.7 Å². The van der Waals surface area contributed by atoms with Crippen molar-refractivity contribution in [1.29, 1.82) is 0 Å². The average molecular weight is 382 g/mol. The van der Waals surface area contributed by atoms with Gasteiger partial charge in [-0.2, -0.15) is 0 Å². The van der Waals surface area contributed by atoms with Crippen molar-refractivity contribution in [3.05, 3.63) is 68.6 Å². The van der Waals surface area contributed by atoms with Crippen LogP contribution in [0.2, 0.25) is 0 Å². The second kappa shape index (κ2) is 8.28. The lowest BCUT2D eigenvalue weighted by molar-refractivity contribution is 0.791. The minimum atomic E-state index is -0.364. The quantitative estimate of drug-likeness (QED) is 0.657. The summed E-state index contributed by atoms with van der Waals surface area (Å²) >= 11 is 1.21. The van der Waals surface area contributed by atoms with E-state index in [4.69, 9.17) is 5.73 Å². The van der Waals surface area contributed by atoms with Crippen LogP contribution in [0.15, 0.2) is 40.7 Å². The van der Waals surface area contributed by atoms with Gasteiger partial charge in [0, 0.05) is 25.1 Å². The van der Waals surface area contributed by atoms with Crippen molar-refractivity contribution in [3.63, 3.8) is 0 Å². The average Bonchev–Trinajstić information content (AvgIpc) is 3.08. The summed E-state index contributed by atoms with van der Waals surface area (Å²) in [5, 5.41) is 0.193. The number of hydrogen-bond donors (Lipinski definition) is 2. The van der Waals surface area contributed by atoms with Crippen LogP contribution < -0.4 is 16.9 Å². The van der Waals surface area contributed by atoms with Gasteiger partial charge in [0.2, 0.25) is 0 Å². The smallest absolute Gasteiger partial charge is 0.271 e. The summed E-state index contributed by atoms with van der Waals surface area (Å²) in [5.41, 5.74) is 8.71. The van der Waals surface area contributed by atoms with Crippen molar-refractivity contribution in [2.45, 2.75) is 26.2 Å². The fourth-order valence-corrected chi connectivity index (χ4v) is 4.02. The Bertz CT molecular complexity index is 1110. The Morgan fingerprint density at radius 1 is 1.44 bits per heavy atom. The van der Waals surface area contributed by atoms with E-state index in [1.807, 2.05) is 18.2 Å². The molecule has 0 amide bonds. The highest BCUT2D eigenvalue weighted by Gasteiger charge is 2.18. The first-order valence-corrected chi connectivity index (χ1v) is 9.66. The number of H-pyrrole nitrogens is 1. The lowest BCUT2D eigenvalue weighted by atomic mass is 10.0. The fourth-order valence-electron chi connectivity index (χ4n) is 3.11. The number of aromatic amines is 1. The fraction of sp³-hybridized carbons (Fsp3) is 0.250. The third kappa shape index (κ3) is 3.56. The van der Waals surface area contributed by atoms with E-state index in [2.05, 4.69) is 22.9 Å². The van der Waals surface area contributed by atoms with Gasteiger partial charge in [0.05, 0.1) is 10.4 Å². The van der Waals surface area contributed by atoms with E-state index in [0.29, 0.717) is 11.2 Å². The maximum Gasteiger partial charge on any atom is 0.271 e. The largest absolute Gasteiger partial charge is 0.326 e. The monoisotopic (exact) mass is 382 g/mol. The van der Waals surface area contributed by atoms with E-state index >= 15 is 0 Å². The van der Waals surface area contributed by atoms with Crippen LogP contribution in [0.1, 0.15) is 36.6 Å². The number of hydrogen-bond acceptors (Lipinski definition) is 5. The van der Waals surface area contributed by atoms with Gasteiger partial charge in [-0.25, -0.2) is 0 Å². The molecule has 0 saturated heterocycles. The summed E-state index contributed by atoms with van der Waals surface area (Å²) in [5.74, 6) is 0. The molecule has 6 nitrogen and oxygen atoms in total. The van der Waals surface area contributed by atoms with Gasteiger partial charge in [-0.05, 0) is 41.7 Å². The van der Waals surface area contributed by atoms with Crippen LogP contribution in [0, 0.1) is 0 Å². The third-order valence-electron chi connectivity index (χ3n) is 4.50. The summed E-state index contributed by atoms with van der Waals surface area (Å²) in [6.07, 6.45) is 9.52. The molecule has 0 unspecified atom stereocenters. The number of aryl methyl sites for hydroxylation is 1. The van der Waals surface area contributed by atoms with Crippen LogP contribution in [-0.4, -0.2) is 20.5 Å². The number of pyridine rings is 2. The minimum Gasteiger partial charge on any atom is -0.326 e. The summed E-state index contributed by atoms with van der Waals surface area (Å²) < 4.78 is 4.85. The lowest BCUT2D eigenvalue weighted by Gasteiger charge is -2.14. The van der Waals surface area contributed by atoms with Crippen LogP contribution in [0.5, 0.6) is 0 Å². The SMILES string of the molecule is C=Cn1c(/C=C(\CN)c2cccnc2)c(CCCC)c2s[nH]c(=O)c2c1=O. The van der Waals surface area contributed by atoms with Crippen molar-refractivity contribution < 1.29 is 0 Å². The Balaban J connectivity index is 2.36. The number of aromatic nitrogens is 3. The van der Waals surface area contributed by atoms with Crippen LogP contribution in [0.3, 0.4) is 0 Å². The second-order valence-corrected chi connectivity index (χ2v) is 6.99. The second-order valence-electron chi connectivity index (χ2n) is 6.18. The maximum absolute atomic E-state index is 12.9. The Kier molecular flexibility index (Phi) is 5.83. The predicted molar refractivity (Wildman–Crippen MR) is 113 cm³/mol. The van der Waals surface area contributed by atoms with Crippen molar-refractivity contribution in [1.82, 2.24) is 13.9 Å². The minimum absolute atomic E-state index is 0.193. The molecule has 0 aliphatic carbocycles. The number of nitrogens with one attached hydrogen (secondary N) is 1. The molecule has 3 rings (SSSR count). The van der Waals surface area contributed by atoms with Gasteiger partial charge < -0.3 is 5.73 Å². The number of rotatable bonds is 7. The zero-order valence-electron chi connectivity index (χ0n) is 15.2. The third-order valence-corrected chi connectivity index (χ3v) is 5.44. The van der Waals surface area contributed by atoms with E-state index in [1.54, 1.807) is 12.4 Å². The zero-order chi connectivity index (χ0) is 19.4. The van der Waals surface area contributed by atoms with Gasteiger partial charge >= 0.3 is 0 Å². The molecule has 3 N–H and O–H groups in total. The summed E-state index contributed by atoms with van der Waals surface area (Å²) in [6, 6.07) is 3.78. The first kappa shape index (κ1) is 19.0. The zero-order valence-corrected chi connectivity index (χ0v) is 16.0. The highest BCUT2D eigenvalue weighted by atomic mass is 32.1. The maximum atomic E-state index is 12.9. The Morgan fingerprint density at radius 2 is 2.26 bits per heavy atom. The van der Waals surface area contributed by atoms with E-state index in [9.17, 15) is 9.59 Å². The lowest BCUT2D eigenvalue weighted by Crippen LogP contribution is -2.23. The van der Waals surface area contributed by atoms with Crippen molar-refractivity contribution >= 4 is 39.5 Å². The Hall–Kier alpha value is -2.77. The van der Waals surface area contributed by atoms with Gasteiger partial charge in [-0.1, -0.05) is 37.5 Å². The van der Waals surface area contributed by atoms with Gasteiger partial charge in [0.1, 0.15) is 5.39 Å². The number of nitrogens with zero attached hydrogens (tertiary/aromatic N) is 2. The normalized spacial score (nSPS) is 11.9. The van der Waals surface area contributed by atoms with Crippen molar-refractivity contribution in [3.8, 4) is 0 Å². The van der Waals surface area contributed by atoms with Crippen LogP contribution in [0.4, 0.5) is 0 Å². The van der Waals surface area contributed by atoms with Crippen LogP contribution in [-0.2, 0) is 6.42 Å². The Morgan fingerprint density at radius 3 is 2.89 bits per heavy atom. The highest BCUT2D eigenvalue weighted by molar-refractivity contribution is 7.13. The molecule has 7 heteroatoms. The van der Waals surface area contributed by atoms with Crippen LogP contribution in [0.25, 0.3) is 27.9 Å². The van der Waals surface area contributed by atoms with Gasteiger partial charge in [0.25, 0.3) is 11.1 Å². The molecule has 3 aromatic rings. The summed E-state index contributed by atoms with van der Waals surface area (Å²) in [7, 11) is 0. The van der Waals surface area contributed by atoms with Gasteiger partial charge in [-0.15, -0.1) is 0 Å². The number of unbranched alkanes of at least 4 members (excludes halogenated alkanes) is 1. The predicted octanol–water partition coefficient (Wildman–Crippen LogP) is 3.09. The number of nitrogens with two attached hydrogens (primary N) is 1. The van der Waals surface area contributed by atoms with Crippen molar-refractivity contribution in [2.24, 2.45) is 5.73 Å². The molecule has 0 spiro atoms. The van der Waals surface area contributed by atoms with Crippen LogP contribution >= 0.6 is 11.5 Å². The molecule has 0 atom stereocenters. The molecule has 3 heterocycles. The summed E-state index contributed by atoms with van der Waals surface area (Å²) in [6.45, 7) is 6.19. The first-order valence-electron chi connectivity index (χ1n) is 8.84. The molecule has 0 aliphatic rings. The standard InChI is InChI=1S/C20H22N4O2S/c1-3-5-8-15-16(10-14(11-21)13-7-6-9-22-12-13)24(4-2)20(26)17-18(15)27-23-19(17)25/h4,6-7,9-10,12H,2-3,5,8,11,21H2,1H3,(H,23,25)/b14-10+. The highest BCUT2D eigenvalue weighted by Crippen LogP contribution is 2.27. The molecule has 140 valence electrons. The molecule has 0 fully saturated rings. The topological polar surface area (TPSA) is 93.8 Å². The molecule has 0 aliphatic heterocycles. The molecular formula is C20H22N4O2S. The Labute approximate surface area is 160 Å². The molecule has 0 saturated carbocycles. The molecule has 0 radical (unpaired) electrons. The molecule has 0 bridgehead atoms. The molecular weight excluding hydrogens is 360 g/mol. The van der Waals surface area contributed by atoms with Crippen molar-refractivity contribution in [2.75, 3.05) is 6.54 Å². The van der Waals surface area contributed by atoms with E-state index < -0.39 is 0 Å². The first-order chi connectivity index (χ1) is 13.1. The molecule has 27 heavy (non-hydrogen) atoms. The molecule has 0 aromatic carbocycles. The summed E-state index contributed by atoms with van der Waals surface area (Å²) in [4.78, 5) is 29.2. The van der Waals surface area contributed by atoms with Gasteiger partial charge in [-0.3, -0.25) is 23.5 Å². The van der Waals surface area contributed by atoms with E-state index in [1.165, 1.54) is 22.3 Å².